The highest BCUT2D eigenvalue weighted by atomic mass is 35.5. The predicted molar refractivity (Wildman–Crippen MR) is 90.3 cm³/mol. The van der Waals surface area contributed by atoms with E-state index in [-0.39, 0.29) is 12.0 Å². The smallest absolute Gasteiger partial charge is 0.129 e. The Balaban J connectivity index is 1.82. The van der Waals surface area contributed by atoms with Gasteiger partial charge < -0.3 is 19.7 Å². The van der Waals surface area contributed by atoms with Crippen LogP contribution in [0.25, 0.3) is 0 Å². The molecule has 4 nitrogen and oxygen atoms in total. The van der Waals surface area contributed by atoms with Crippen molar-refractivity contribution in [3.05, 3.63) is 48.3 Å². The van der Waals surface area contributed by atoms with Crippen molar-refractivity contribution >= 4 is 23.0 Å². The van der Waals surface area contributed by atoms with E-state index in [4.69, 9.17) is 21.1 Å². The van der Waals surface area contributed by atoms with E-state index in [1.165, 1.54) is 12.1 Å². The minimum atomic E-state index is -0.286. The van der Waals surface area contributed by atoms with Gasteiger partial charge in [-0.25, -0.2) is 4.39 Å². The molecular formula is C17H18ClFN2O2. The van der Waals surface area contributed by atoms with Crippen LogP contribution in [0.2, 0.25) is 0 Å². The van der Waals surface area contributed by atoms with Gasteiger partial charge >= 0.3 is 0 Å². The van der Waals surface area contributed by atoms with Gasteiger partial charge in [-0.05, 0) is 36.4 Å². The summed E-state index contributed by atoms with van der Waals surface area (Å²) in [6.45, 7) is 1.34. The van der Waals surface area contributed by atoms with Gasteiger partial charge in [0.15, 0.2) is 0 Å². The average Bonchev–Trinajstić information content (AvgIpc) is 2.92. The molecule has 0 fully saturated rings. The van der Waals surface area contributed by atoms with Gasteiger partial charge in [-0.15, -0.1) is 11.6 Å². The Kier molecular flexibility index (Phi) is 4.88. The van der Waals surface area contributed by atoms with Crippen LogP contribution < -0.4 is 15.0 Å². The molecular weight excluding hydrogens is 319 g/mol. The van der Waals surface area contributed by atoms with Crippen molar-refractivity contribution in [1.82, 2.24) is 0 Å². The van der Waals surface area contributed by atoms with Crippen LogP contribution in [0.1, 0.15) is 0 Å². The molecule has 1 unspecified atom stereocenters. The summed E-state index contributed by atoms with van der Waals surface area (Å²) in [7, 11) is 1.67. The molecule has 0 aliphatic carbocycles. The maximum absolute atomic E-state index is 13.0. The van der Waals surface area contributed by atoms with Gasteiger partial charge in [-0.1, -0.05) is 0 Å². The Morgan fingerprint density at radius 1 is 1.17 bits per heavy atom. The third-order valence-electron chi connectivity index (χ3n) is 3.71. The van der Waals surface area contributed by atoms with Gasteiger partial charge in [0, 0.05) is 19.7 Å². The van der Waals surface area contributed by atoms with Crippen LogP contribution >= 0.6 is 11.6 Å². The van der Waals surface area contributed by atoms with Crippen LogP contribution in [0.5, 0.6) is 11.5 Å². The van der Waals surface area contributed by atoms with Crippen molar-refractivity contribution < 1.29 is 13.9 Å². The van der Waals surface area contributed by atoms with E-state index in [0.717, 1.165) is 17.9 Å². The first-order valence-electron chi connectivity index (χ1n) is 7.37. The summed E-state index contributed by atoms with van der Waals surface area (Å²) in [5.41, 5.74) is 2.03. The third kappa shape index (κ3) is 3.51. The maximum atomic E-state index is 13.0. The van der Waals surface area contributed by atoms with Crippen molar-refractivity contribution in [2.24, 2.45) is 0 Å². The number of alkyl halides is 1. The molecule has 23 heavy (non-hydrogen) atoms. The molecule has 2 aromatic rings. The molecule has 2 aromatic carbocycles. The topological polar surface area (TPSA) is 33.7 Å². The van der Waals surface area contributed by atoms with Gasteiger partial charge in [0.05, 0.1) is 23.9 Å². The van der Waals surface area contributed by atoms with Gasteiger partial charge in [0.1, 0.15) is 23.5 Å². The van der Waals surface area contributed by atoms with Crippen molar-refractivity contribution in [3.63, 3.8) is 0 Å². The van der Waals surface area contributed by atoms with E-state index in [0.29, 0.717) is 24.0 Å². The summed E-state index contributed by atoms with van der Waals surface area (Å²) < 4.78 is 23.9. The molecule has 1 atom stereocenters. The first kappa shape index (κ1) is 15.9. The number of anilines is 2. The number of nitrogens with zero attached hydrogens (tertiary/aromatic N) is 1. The van der Waals surface area contributed by atoms with Crippen LogP contribution in [-0.2, 0) is 4.74 Å². The van der Waals surface area contributed by atoms with E-state index in [2.05, 4.69) is 10.2 Å². The highest BCUT2D eigenvalue weighted by Crippen LogP contribution is 2.38. The zero-order valence-electron chi connectivity index (χ0n) is 12.8. The van der Waals surface area contributed by atoms with Crippen molar-refractivity contribution in [2.75, 3.05) is 36.4 Å². The zero-order valence-corrected chi connectivity index (χ0v) is 13.5. The quantitative estimate of drug-likeness (QED) is 0.807. The number of benzene rings is 2. The van der Waals surface area contributed by atoms with E-state index in [1.54, 1.807) is 19.2 Å². The standard InChI is InChI=1S/C17H18ClFN2O2/c1-22-9-8-21-16-10-14(6-7-15(16)20-17(21)11-18)23-13-4-2-12(19)3-5-13/h2-7,10,17,20H,8-9,11H2,1H3. The molecule has 1 N–H and O–H groups in total. The minimum Gasteiger partial charge on any atom is -0.457 e. The summed E-state index contributed by atoms with van der Waals surface area (Å²) in [6.07, 6.45) is 0.0305. The summed E-state index contributed by atoms with van der Waals surface area (Å²) in [5.74, 6) is 1.46. The molecule has 0 amide bonds. The van der Waals surface area contributed by atoms with Crippen molar-refractivity contribution in [2.45, 2.75) is 6.17 Å². The SMILES string of the molecule is COCCN1c2cc(Oc3ccc(F)cc3)ccc2NC1CCl. The lowest BCUT2D eigenvalue weighted by Crippen LogP contribution is -2.39. The highest BCUT2D eigenvalue weighted by Gasteiger charge is 2.28. The molecule has 0 saturated heterocycles. The van der Waals surface area contributed by atoms with Gasteiger partial charge in [-0.3, -0.25) is 0 Å². The Morgan fingerprint density at radius 2 is 1.91 bits per heavy atom. The third-order valence-corrected chi connectivity index (χ3v) is 4.00. The maximum Gasteiger partial charge on any atom is 0.129 e. The molecule has 3 rings (SSSR count). The minimum absolute atomic E-state index is 0.0305. The molecule has 1 aliphatic heterocycles. The van der Waals surface area contributed by atoms with E-state index in [9.17, 15) is 4.39 Å². The molecule has 1 aliphatic rings. The second kappa shape index (κ2) is 7.06. The predicted octanol–water partition coefficient (Wildman–Crippen LogP) is 4.06. The molecule has 0 aromatic heterocycles. The summed E-state index contributed by atoms with van der Waals surface area (Å²) >= 11 is 6.04. The molecule has 122 valence electrons. The van der Waals surface area contributed by atoms with E-state index >= 15 is 0 Å². The molecule has 1 heterocycles. The fourth-order valence-electron chi connectivity index (χ4n) is 2.59. The number of methoxy groups -OCH3 is 1. The number of hydrogen-bond donors (Lipinski definition) is 1. The monoisotopic (exact) mass is 336 g/mol. The lowest BCUT2D eigenvalue weighted by atomic mass is 10.2. The van der Waals surface area contributed by atoms with Crippen LogP contribution in [0, 0.1) is 5.82 Å². The van der Waals surface area contributed by atoms with Gasteiger partial charge in [0.2, 0.25) is 0 Å². The number of nitrogens with one attached hydrogen (secondary N) is 1. The number of fused-ring (bicyclic) bond motifs is 1. The Bertz CT molecular complexity index is 666. The lowest BCUT2D eigenvalue weighted by Gasteiger charge is -2.25. The average molecular weight is 337 g/mol. The number of ether oxygens (including phenoxy) is 2. The number of hydrogen-bond acceptors (Lipinski definition) is 4. The van der Waals surface area contributed by atoms with Crippen LogP contribution in [0.15, 0.2) is 42.5 Å². The fraction of sp³-hybridized carbons (Fsp3) is 0.294. The summed E-state index contributed by atoms with van der Waals surface area (Å²) in [6, 6.07) is 11.7. The lowest BCUT2D eigenvalue weighted by molar-refractivity contribution is 0.204. The normalized spacial score (nSPS) is 16.1. The van der Waals surface area contributed by atoms with Crippen LogP contribution in [0.4, 0.5) is 15.8 Å². The Hall–Kier alpha value is -1.98. The zero-order chi connectivity index (χ0) is 16.2. The first-order chi connectivity index (χ1) is 11.2. The van der Waals surface area contributed by atoms with Gasteiger partial charge in [0.25, 0.3) is 0 Å². The van der Waals surface area contributed by atoms with Crippen LogP contribution in [0.3, 0.4) is 0 Å². The highest BCUT2D eigenvalue weighted by molar-refractivity contribution is 6.18. The Morgan fingerprint density at radius 3 is 2.61 bits per heavy atom. The van der Waals surface area contributed by atoms with E-state index < -0.39 is 0 Å². The second-order valence-electron chi connectivity index (χ2n) is 5.24. The van der Waals surface area contributed by atoms with Crippen molar-refractivity contribution in [1.29, 1.82) is 0 Å². The van der Waals surface area contributed by atoms with Crippen molar-refractivity contribution in [3.8, 4) is 11.5 Å². The molecule has 0 radical (unpaired) electrons. The molecule has 6 heteroatoms. The first-order valence-corrected chi connectivity index (χ1v) is 7.90. The van der Waals surface area contributed by atoms with Gasteiger partial charge in [-0.2, -0.15) is 0 Å². The van der Waals surface area contributed by atoms with E-state index in [1.807, 2.05) is 18.2 Å². The number of rotatable bonds is 6. The summed E-state index contributed by atoms with van der Waals surface area (Å²) in [4.78, 5) is 2.16. The fourth-order valence-corrected chi connectivity index (χ4v) is 2.83. The van der Waals surface area contributed by atoms with Crippen LogP contribution in [-0.4, -0.2) is 32.3 Å². The second-order valence-corrected chi connectivity index (χ2v) is 5.54. The molecule has 0 bridgehead atoms. The Labute approximate surface area is 139 Å². The summed E-state index contributed by atoms with van der Waals surface area (Å²) in [5, 5.41) is 3.37. The molecule has 0 saturated carbocycles. The number of halogens is 2. The molecule has 0 spiro atoms. The largest absolute Gasteiger partial charge is 0.457 e.